The summed E-state index contributed by atoms with van der Waals surface area (Å²) in [5.74, 6) is 3.33. The van der Waals surface area contributed by atoms with Crippen LogP contribution in [-0.2, 0) is 13.1 Å². The Morgan fingerprint density at radius 2 is 1.82 bits per heavy atom. The predicted octanol–water partition coefficient (Wildman–Crippen LogP) is 3.57. The topological polar surface area (TPSA) is 98.0 Å². The number of aliphatic imine (C=N–C) groups is 1. The summed E-state index contributed by atoms with van der Waals surface area (Å²) in [6, 6.07) is 17.1. The number of benzene rings is 1. The number of nitrogens with one attached hydrogen (secondary N) is 2. The molecule has 0 fully saturated rings. The lowest BCUT2D eigenvalue weighted by Crippen LogP contribution is -2.37. The van der Waals surface area contributed by atoms with E-state index in [2.05, 4.69) is 30.8 Å². The maximum Gasteiger partial charge on any atom is 0.219 e. The normalized spacial score (nSPS) is 11.4. The number of hydrogen-bond donors (Lipinski definition) is 2. The number of guanidine groups is 1. The Balaban J connectivity index is 1.38. The van der Waals surface area contributed by atoms with Crippen LogP contribution in [0.5, 0.6) is 17.4 Å². The molecule has 0 saturated carbocycles. The van der Waals surface area contributed by atoms with Crippen molar-refractivity contribution in [2.75, 3.05) is 13.2 Å². The van der Waals surface area contributed by atoms with Gasteiger partial charge >= 0.3 is 0 Å². The van der Waals surface area contributed by atoms with Gasteiger partial charge in [0.1, 0.15) is 0 Å². The number of ether oxygens (including phenoxy) is 2. The molecule has 0 saturated heterocycles. The van der Waals surface area contributed by atoms with Gasteiger partial charge in [-0.15, -0.1) is 10.2 Å². The third-order valence-corrected chi connectivity index (χ3v) is 4.72. The largest absolute Gasteiger partial charge is 0.490 e. The number of aromatic nitrogens is 4. The highest BCUT2D eigenvalue weighted by atomic mass is 16.5. The van der Waals surface area contributed by atoms with Gasteiger partial charge in [-0.25, -0.2) is 9.98 Å². The molecule has 0 amide bonds. The molecule has 0 aliphatic rings. The minimum absolute atomic E-state index is 0.471. The van der Waals surface area contributed by atoms with Crippen molar-refractivity contribution in [2.24, 2.45) is 4.99 Å². The van der Waals surface area contributed by atoms with Crippen molar-refractivity contribution < 1.29 is 9.47 Å². The van der Waals surface area contributed by atoms with E-state index < -0.39 is 0 Å². The van der Waals surface area contributed by atoms with Gasteiger partial charge in [-0.3, -0.25) is 4.40 Å². The molecule has 0 spiro atoms. The molecular weight excluding hydrogens is 418 g/mol. The van der Waals surface area contributed by atoms with Crippen LogP contribution in [-0.4, -0.2) is 38.7 Å². The molecule has 0 atom stereocenters. The second-order valence-electron chi connectivity index (χ2n) is 7.08. The molecular formula is C24H27N7O2. The van der Waals surface area contributed by atoms with Crippen LogP contribution >= 0.6 is 0 Å². The van der Waals surface area contributed by atoms with Crippen LogP contribution in [0.4, 0.5) is 0 Å². The summed E-state index contributed by atoms with van der Waals surface area (Å²) in [7, 11) is 0. The fourth-order valence-electron chi connectivity index (χ4n) is 3.17. The summed E-state index contributed by atoms with van der Waals surface area (Å²) >= 11 is 0. The minimum atomic E-state index is 0.471. The molecule has 4 rings (SSSR count). The van der Waals surface area contributed by atoms with E-state index >= 15 is 0 Å². The summed E-state index contributed by atoms with van der Waals surface area (Å²) in [5, 5.41) is 15.0. The summed E-state index contributed by atoms with van der Waals surface area (Å²) in [4.78, 5) is 9.06. The lowest BCUT2D eigenvalue weighted by molar-refractivity contribution is 0.319. The van der Waals surface area contributed by atoms with Crippen LogP contribution in [0.15, 0.2) is 72.0 Å². The molecule has 1 aromatic carbocycles. The van der Waals surface area contributed by atoms with Crippen LogP contribution in [0.25, 0.3) is 5.65 Å². The van der Waals surface area contributed by atoms with E-state index in [1.807, 2.05) is 79.0 Å². The van der Waals surface area contributed by atoms with Gasteiger partial charge in [0.05, 0.1) is 19.7 Å². The van der Waals surface area contributed by atoms with Gasteiger partial charge in [-0.05, 0) is 43.7 Å². The van der Waals surface area contributed by atoms with Crippen molar-refractivity contribution in [1.29, 1.82) is 0 Å². The maximum absolute atomic E-state index is 5.88. The number of para-hydroxylation sites is 2. The van der Waals surface area contributed by atoms with Crippen molar-refractivity contribution in [3.05, 3.63) is 78.4 Å². The van der Waals surface area contributed by atoms with E-state index in [1.54, 1.807) is 6.20 Å². The smallest absolute Gasteiger partial charge is 0.219 e. The second kappa shape index (κ2) is 10.9. The molecule has 33 heavy (non-hydrogen) atoms. The van der Waals surface area contributed by atoms with E-state index in [-0.39, 0.29) is 0 Å². The summed E-state index contributed by atoms with van der Waals surface area (Å²) in [5.41, 5.74) is 1.78. The molecule has 4 aromatic rings. The molecule has 3 heterocycles. The highest BCUT2D eigenvalue weighted by molar-refractivity contribution is 5.79. The SMILES string of the molecule is CCNC(=NCc1ccc(Oc2ccccc2OCC)nc1)NCc1nnc2ccccn12. The lowest BCUT2D eigenvalue weighted by Gasteiger charge is -2.11. The average Bonchev–Trinajstić information content (AvgIpc) is 3.26. The Bertz CT molecular complexity index is 1200. The molecule has 0 bridgehead atoms. The Labute approximate surface area is 192 Å². The fraction of sp³-hybridized carbons (Fsp3) is 0.250. The third kappa shape index (κ3) is 5.76. The fourth-order valence-corrected chi connectivity index (χ4v) is 3.17. The zero-order chi connectivity index (χ0) is 22.9. The number of rotatable bonds is 9. The van der Waals surface area contributed by atoms with Gasteiger partial charge in [0, 0.05) is 25.0 Å². The lowest BCUT2D eigenvalue weighted by atomic mass is 10.3. The highest BCUT2D eigenvalue weighted by Gasteiger charge is 2.07. The number of nitrogens with zero attached hydrogens (tertiary/aromatic N) is 5. The maximum atomic E-state index is 5.88. The van der Waals surface area contributed by atoms with Crippen molar-refractivity contribution in [3.8, 4) is 17.4 Å². The average molecular weight is 446 g/mol. The van der Waals surface area contributed by atoms with Crippen molar-refractivity contribution in [2.45, 2.75) is 26.9 Å². The van der Waals surface area contributed by atoms with E-state index in [0.717, 1.165) is 23.6 Å². The standard InChI is InChI=1S/C24H27N7O2/c1-3-25-24(28-17-22-30-29-21-11-7-8-14-31(21)22)27-16-18-12-13-23(26-15-18)33-20-10-6-5-9-19(20)32-4-2/h5-15H,3-4,16-17H2,1-2H3,(H2,25,27,28). The first-order valence-electron chi connectivity index (χ1n) is 10.9. The van der Waals surface area contributed by atoms with Crippen LogP contribution in [0.3, 0.4) is 0 Å². The van der Waals surface area contributed by atoms with Gasteiger partial charge in [0.2, 0.25) is 5.88 Å². The first-order chi connectivity index (χ1) is 16.3. The van der Waals surface area contributed by atoms with Crippen molar-refractivity contribution in [3.63, 3.8) is 0 Å². The number of hydrogen-bond acceptors (Lipinski definition) is 6. The van der Waals surface area contributed by atoms with Gasteiger partial charge in [0.25, 0.3) is 0 Å². The molecule has 3 aromatic heterocycles. The molecule has 2 N–H and O–H groups in total. The Morgan fingerprint density at radius 1 is 0.970 bits per heavy atom. The van der Waals surface area contributed by atoms with E-state index in [0.29, 0.717) is 43.0 Å². The van der Waals surface area contributed by atoms with Gasteiger partial charge < -0.3 is 20.1 Å². The summed E-state index contributed by atoms with van der Waals surface area (Å²) in [6.07, 6.45) is 3.70. The molecule has 0 radical (unpaired) electrons. The Morgan fingerprint density at radius 3 is 2.61 bits per heavy atom. The van der Waals surface area contributed by atoms with Crippen molar-refractivity contribution in [1.82, 2.24) is 30.2 Å². The minimum Gasteiger partial charge on any atom is -0.490 e. The molecule has 0 aliphatic carbocycles. The number of fused-ring (bicyclic) bond motifs is 1. The van der Waals surface area contributed by atoms with Crippen LogP contribution in [0.2, 0.25) is 0 Å². The van der Waals surface area contributed by atoms with Gasteiger partial charge in [-0.2, -0.15) is 0 Å². The Hall–Kier alpha value is -4.14. The number of pyridine rings is 2. The molecule has 0 aliphatic heterocycles. The van der Waals surface area contributed by atoms with E-state index in [4.69, 9.17) is 9.47 Å². The first kappa shape index (κ1) is 22.1. The van der Waals surface area contributed by atoms with Crippen LogP contribution in [0, 0.1) is 0 Å². The summed E-state index contributed by atoms with van der Waals surface area (Å²) < 4.78 is 13.4. The quantitative estimate of drug-likeness (QED) is 0.300. The Kier molecular flexibility index (Phi) is 7.32. The highest BCUT2D eigenvalue weighted by Crippen LogP contribution is 2.30. The van der Waals surface area contributed by atoms with E-state index in [1.165, 1.54) is 0 Å². The molecule has 9 heteroatoms. The predicted molar refractivity (Wildman–Crippen MR) is 127 cm³/mol. The summed E-state index contributed by atoms with van der Waals surface area (Å²) in [6.45, 7) is 6.25. The van der Waals surface area contributed by atoms with E-state index in [9.17, 15) is 0 Å². The molecule has 170 valence electrons. The third-order valence-electron chi connectivity index (χ3n) is 4.72. The van der Waals surface area contributed by atoms with Gasteiger partial charge in [-0.1, -0.05) is 24.3 Å². The second-order valence-corrected chi connectivity index (χ2v) is 7.08. The molecule has 9 nitrogen and oxygen atoms in total. The van der Waals surface area contributed by atoms with Gasteiger partial charge in [0.15, 0.2) is 28.9 Å². The van der Waals surface area contributed by atoms with Crippen LogP contribution in [0.1, 0.15) is 25.2 Å². The zero-order valence-corrected chi connectivity index (χ0v) is 18.7. The first-order valence-corrected chi connectivity index (χ1v) is 10.9. The molecule has 0 unspecified atom stereocenters. The van der Waals surface area contributed by atoms with Crippen molar-refractivity contribution >= 4 is 11.6 Å². The van der Waals surface area contributed by atoms with Crippen LogP contribution < -0.4 is 20.1 Å². The monoisotopic (exact) mass is 445 g/mol. The zero-order valence-electron chi connectivity index (χ0n) is 18.7.